The fourth-order valence-corrected chi connectivity index (χ4v) is 3.15. The summed E-state index contributed by atoms with van der Waals surface area (Å²) in [6.07, 6.45) is 1.71. The van der Waals surface area contributed by atoms with Crippen LogP contribution in [0.25, 0.3) is 22.8 Å². The highest BCUT2D eigenvalue weighted by atomic mass is 35.5. The van der Waals surface area contributed by atoms with Gasteiger partial charge in [0, 0.05) is 27.4 Å². The molecule has 4 rings (SSSR count). The second-order valence-corrected chi connectivity index (χ2v) is 7.14. The van der Waals surface area contributed by atoms with Gasteiger partial charge in [0.15, 0.2) is 5.78 Å². The molecule has 2 heterocycles. The van der Waals surface area contributed by atoms with Crippen LogP contribution in [0.15, 0.2) is 72.9 Å². The van der Waals surface area contributed by atoms with Crippen molar-refractivity contribution in [3.63, 3.8) is 0 Å². The topological polar surface area (TPSA) is 68.6 Å². The normalized spacial score (nSPS) is 10.7. The molecule has 4 aromatic rings. The maximum atomic E-state index is 12.9. The third-order valence-electron chi connectivity index (χ3n) is 4.25. The van der Waals surface area contributed by atoms with Crippen molar-refractivity contribution in [1.29, 1.82) is 0 Å². The molecule has 7 heteroatoms. The van der Waals surface area contributed by atoms with Crippen LogP contribution in [-0.4, -0.2) is 25.9 Å². The van der Waals surface area contributed by atoms with Crippen LogP contribution >= 0.6 is 23.2 Å². The molecule has 29 heavy (non-hydrogen) atoms. The molecule has 0 aliphatic heterocycles. The van der Waals surface area contributed by atoms with E-state index in [1.807, 2.05) is 24.3 Å². The Morgan fingerprint density at radius 1 is 0.862 bits per heavy atom. The Morgan fingerprint density at radius 3 is 2.41 bits per heavy atom. The lowest BCUT2D eigenvalue weighted by atomic mass is 10.0. The van der Waals surface area contributed by atoms with E-state index >= 15 is 0 Å². The van der Waals surface area contributed by atoms with Crippen LogP contribution in [0.1, 0.15) is 16.1 Å². The number of carbonyl (C=O) groups excluding carboxylic acids is 1. The van der Waals surface area contributed by atoms with Gasteiger partial charge >= 0.3 is 0 Å². The van der Waals surface area contributed by atoms with E-state index in [2.05, 4.69) is 20.2 Å². The minimum absolute atomic E-state index is 0.0544. The number of halogens is 2. The summed E-state index contributed by atoms with van der Waals surface area (Å²) in [7, 11) is 0. The Hall–Kier alpha value is -3.15. The van der Waals surface area contributed by atoms with Crippen molar-refractivity contribution in [1.82, 2.24) is 20.2 Å². The smallest absolute Gasteiger partial charge is 0.200 e. The molecule has 0 saturated carbocycles. The van der Waals surface area contributed by atoms with Crippen molar-refractivity contribution < 1.29 is 4.79 Å². The summed E-state index contributed by atoms with van der Waals surface area (Å²) < 4.78 is 0. The Morgan fingerprint density at radius 2 is 1.69 bits per heavy atom. The van der Waals surface area contributed by atoms with E-state index in [0.717, 1.165) is 5.56 Å². The van der Waals surface area contributed by atoms with Gasteiger partial charge in [-0.25, -0.2) is 4.98 Å². The number of hydrogen-bond donors (Lipinski definition) is 0. The average Bonchev–Trinajstić information content (AvgIpc) is 2.75. The van der Waals surface area contributed by atoms with Crippen LogP contribution in [0.4, 0.5) is 0 Å². The highest BCUT2D eigenvalue weighted by Crippen LogP contribution is 2.25. The fraction of sp³-hybridized carbons (Fsp3) is 0.0455. The SMILES string of the molecule is O=C(Cc1nc(-c2ccccn2)nnc1-c1cccc(Cl)c1)c1ccc(Cl)cc1. The summed E-state index contributed by atoms with van der Waals surface area (Å²) >= 11 is 12.1. The number of Topliss-reactive ketones (excluding diaryl/α,β-unsaturated/α-hetero) is 1. The van der Waals surface area contributed by atoms with E-state index in [9.17, 15) is 4.79 Å². The van der Waals surface area contributed by atoms with Crippen LogP contribution in [-0.2, 0) is 6.42 Å². The van der Waals surface area contributed by atoms with E-state index in [4.69, 9.17) is 23.2 Å². The molecule has 142 valence electrons. The summed E-state index contributed by atoms with van der Waals surface area (Å²) in [5.41, 5.74) is 2.88. The van der Waals surface area contributed by atoms with Gasteiger partial charge in [0.1, 0.15) is 11.4 Å². The first-order valence-electron chi connectivity index (χ1n) is 8.80. The highest BCUT2D eigenvalue weighted by molar-refractivity contribution is 6.31. The standard InChI is InChI=1S/C22H14Cl2N4O/c23-16-9-7-14(8-10-16)20(29)13-19-21(15-4-3-5-17(24)12-15)27-28-22(26-19)18-6-1-2-11-25-18/h1-12H,13H2. The largest absolute Gasteiger partial charge is 0.294 e. The average molecular weight is 421 g/mol. The third-order valence-corrected chi connectivity index (χ3v) is 4.73. The zero-order chi connectivity index (χ0) is 20.2. The fourth-order valence-electron chi connectivity index (χ4n) is 2.84. The number of rotatable bonds is 5. The highest BCUT2D eigenvalue weighted by Gasteiger charge is 2.17. The van der Waals surface area contributed by atoms with Gasteiger partial charge in [-0.15, -0.1) is 10.2 Å². The molecular weight excluding hydrogens is 407 g/mol. The Balaban J connectivity index is 1.77. The molecule has 0 spiro atoms. The molecule has 0 radical (unpaired) electrons. The van der Waals surface area contributed by atoms with Crippen LogP contribution in [0.5, 0.6) is 0 Å². The first kappa shape index (κ1) is 19.2. The first-order valence-corrected chi connectivity index (χ1v) is 9.55. The minimum atomic E-state index is -0.0996. The number of nitrogens with zero attached hydrogens (tertiary/aromatic N) is 4. The summed E-state index contributed by atoms with van der Waals surface area (Å²) in [5.74, 6) is 0.257. The van der Waals surface area contributed by atoms with E-state index in [-0.39, 0.29) is 12.2 Å². The van der Waals surface area contributed by atoms with Crippen molar-refractivity contribution in [2.75, 3.05) is 0 Å². The lowest BCUT2D eigenvalue weighted by Crippen LogP contribution is -2.10. The van der Waals surface area contributed by atoms with Gasteiger partial charge in [-0.1, -0.05) is 41.4 Å². The Labute approximate surface area is 177 Å². The molecular formula is C22H14Cl2N4O. The molecule has 2 aromatic heterocycles. The number of pyridine rings is 1. The summed E-state index contributed by atoms with van der Waals surface area (Å²) in [4.78, 5) is 21.7. The summed E-state index contributed by atoms with van der Waals surface area (Å²) in [5, 5.41) is 9.69. The Kier molecular flexibility index (Phi) is 5.60. The molecule has 0 saturated heterocycles. The third kappa shape index (κ3) is 4.47. The zero-order valence-corrected chi connectivity index (χ0v) is 16.6. The van der Waals surface area contributed by atoms with Gasteiger partial charge in [0.25, 0.3) is 0 Å². The van der Waals surface area contributed by atoms with Crippen molar-refractivity contribution >= 4 is 29.0 Å². The van der Waals surface area contributed by atoms with Gasteiger partial charge in [0.05, 0.1) is 12.1 Å². The number of ketones is 1. The maximum absolute atomic E-state index is 12.9. The second-order valence-electron chi connectivity index (χ2n) is 6.26. The number of carbonyl (C=O) groups is 1. The quantitative estimate of drug-likeness (QED) is 0.408. The van der Waals surface area contributed by atoms with Crippen molar-refractivity contribution in [3.8, 4) is 22.8 Å². The lowest BCUT2D eigenvalue weighted by Gasteiger charge is -2.09. The molecule has 0 amide bonds. The molecule has 2 aromatic carbocycles. The van der Waals surface area contributed by atoms with Crippen molar-refractivity contribution in [2.45, 2.75) is 6.42 Å². The monoisotopic (exact) mass is 420 g/mol. The van der Waals surface area contributed by atoms with E-state index < -0.39 is 0 Å². The van der Waals surface area contributed by atoms with E-state index in [1.165, 1.54) is 0 Å². The van der Waals surface area contributed by atoms with Crippen molar-refractivity contribution in [2.24, 2.45) is 0 Å². The van der Waals surface area contributed by atoms with Gasteiger partial charge in [-0.05, 0) is 48.5 Å². The zero-order valence-electron chi connectivity index (χ0n) is 15.1. The molecule has 0 unspecified atom stereocenters. The van der Waals surface area contributed by atoms with E-state index in [0.29, 0.717) is 38.5 Å². The molecule has 5 nitrogen and oxygen atoms in total. The summed E-state index contributed by atoms with van der Waals surface area (Å²) in [6, 6.07) is 19.4. The van der Waals surface area contributed by atoms with Gasteiger partial charge < -0.3 is 0 Å². The molecule has 0 bridgehead atoms. The van der Waals surface area contributed by atoms with Gasteiger partial charge in [0.2, 0.25) is 5.82 Å². The maximum Gasteiger partial charge on any atom is 0.200 e. The van der Waals surface area contributed by atoms with E-state index in [1.54, 1.807) is 48.7 Å². The van der Waals surface area contributed by atoms with Crippen molar-refractivity contribution in [3.05, 3.63) is 94.2 Å². The minimum Gasteiger partial charge on any atom is -0.294 e. The van der Waals surface area contributed by atoms with Crippen LogP contribution in [0.3, 0.4) is 0 Å². The molecule has 0 aliphatic carbocycles. The summed E-state index contributed by atoms with van der Waals surface area (Å²) in [6.45, 7) is 0. The molecule has 0 fully saturated rings. The lowest BCUT2D eigenvalue weighted by molar-refractivity contribution is 0.0992. The van der Waals surface area contributed by atoms with Gasteiger partial charge in [-0.3, -0.25) is 9.78 Å². The molecule has 0 aliphatic rings. The van der Waals surface area contributed by atoms with Crippen LogP contribution in [0.2, 0.25) is 10.0 Å². The van der Waals surface area contributed by atoms with Crippen LogP contribution < -0.4 is 0 Å². The molecule has 0 N–H and O–H groups in total. The second kappa shape index (κ2) is 8.47. The predicted octanol–water partition coefficient (Wildman–Crippen LogP) is 5.33. The number of hydrogen-bond acceptors (Lipinski definition) is 5. The first-order chi connectivity index (χ1) is 14.1. The molecule has 0 atom stereocenters. The predicted molar refractivity (Wildman–Crippen MR) is 113 cm³/mol. The number of aromatic nitrogens is 4. The van der Waals surface area contributed by atoms with Crippen LogP contribution in [0, 0.1) is 0 Å². The Bertz CT molecular complexity index is 1170. The van der Waals surface area contributed by atoms with Gasteiger partial charge in [-0.2, -0.15) is 0 Å². The number of benzene rings is 2.